The molecule has 1 heterocycles. The fraction of sp³-hybridized carbons (Fsp3) is 0.238. The van der Waals surface area contributed by atoms with Crippen molar-refractivity contribution < 1.29 is 9.53 Å². The van der Waals surface area contributed by atoms with Crippen LogP contribution in [0.4, 0.5) is 5.69 Å². The van der Waals surface area contributed by atoms with Gasteiger partial charge in [-0.2, -0.15) is 5.10 Å². The molecular formula is C21H23N3O2. The van der Waals surface area contributed by atoms with Gasteiger partial charge in [-0.3, -0.25) is 9.48 Å². The van der Waals surface area contributed by atoms with Gasteiger partial charge in [-0.15, -0.1) is 0 Å². The molecule has 0 aliphatic rings. The van der Waals surface area contributed by atoms with Gasteiger partial charge in [-0.1, -0.05) is 42.5 Å². The standard InChI is InChI=1S/C21H23N3O2/c1-26-20-11-5-10-18(13-20)15-24-16-19(14-22-24)23-21(25)12-6-9-17-7-3-2-4-8-17/h2-5,7-8,10-11,13-14,16H,6,9,12,15H2,1H3,(H,23,25). The van der Waals surface area contributed by atoms with E-state index in [2.05, 4.69) is 22.5 Å². The average molecular weight is 349 g/mol. The summed E-state index contributed by atoms with van der Waals surface area (Å²) in [4.78, 5) is 12.1. The number of benzene rings is 2. The normalized spacial score (nSPS) is 10.5. The van der Waals surface area contributed by atoms with Gasteiger partial charge < -0.3 is 10.1 Å². The number of carbonyl (C=O) groups is 1. The van der Waals surface area contributed by atoms with Crippen LogP contribution in [0.5, 0.6) is 5.75 Å². The van der Waals surface area contributed by atoms with Crippen LogP contribution in [0.2, 0.25) is 0 Å². The van der Waals surface area contributed by atoms with Crippen LogP contribution < -0.4 is 10.1 Å². The minimum Gasteiger partial charge on any atom is -0.497 e. The maximum atomic E-state index is 12.1. The molecule has 0 spiro atoms. The van der Waals surface area contributed by atoms with Gasteiger partial charge >= 0.3 is 0 Å². The Morgan fingerprint density at radius 1 is 1.12 bits per heavy atom. The summed E-state index contributed by atoms with van der Waals surface area (Å²) in [5.41, 5.74) is 3.07. The molecule has 1 N–H and O–H groups in total. The van der Waals surface area contributed by atoms with Crippen molar-refractivity contribution in [2.24, 2.45) is 0 Å². The molecule has 1 aromatic heterocycles. The Morgan fingerprint density at radius 3 is 2.73 bits per heavy atom. The molecule has 1 amide bonds. The molecule has 0 saturated carbocycles. The number of aryl methyl sites for hydroxylation is 1. The summed E-state index contributed by atoms with van der Waals surface area (Å²) < 4.78 is 7.03. The van der Waals surface area contributed by atoms with Crippen molar-refractivity contribution in [3.63, 3.8) is 0 Å². The molecule has 0 saturated heterocycles. The third-order valence-corrected chi connectivity index (χ3v) is 4.11. The SMILES string of the molecule is COc1cccc(Cn2cc(NC(=O)CCCc3ccccc3)cn2)c1. The second kappa shape index (κ2) is 8.85. The third kappa shape index (κ3) is 5.21. The van der Waals surface area contributed by atoms with Crippen LogP contribution in [0, 0.1) is 0 Å². The van der Waals surface area contributed by atoms with Crippen molar-refractivity contribution >= 4 is 11.6 Å². The van der Waals surface area contributed by atoms with E-state index < -0.39 is 0 Å². The predicted octanol–water partition coefficient (Wildman–Crippen LogP) is 3.90. The maximum absolute atomic E-state index is 12.1. The van der Waals surface area contributed by atoms with Gasteiger partial charge in [0.1, 0.15) is 5.75 Å². The highest BCUT2D eigenvalue weighted by atomic mass is 16.5. The molecule has 0 unspecified atom stereocenters. The number of hydrogen-bond donors (Lipinski definition) is 1. The molecule has 0 atom stereocenters. The number of methoxy groups -OCH3 is 1. The smallest absolute Gasteiger partial charge is 0.224 e. The Hall–Kier alpha value is -3.08. The summed E-state index contributed by atoms with van der Waals surface area (Å²) in [5, 5.41) is 7.22. The lowest BCUT2D eigenvalue weighted by Crippen LogP contribution is -2.11. The number of nitrogens with one attached hydrogen (secondary N) is 1. The van der Waals surface area contributed by atoms with Gasteiger partial charge in [-0.25, -0.2) is 0 Å². The predicted molar refractivity (Wildman–Crippen MR) is 102 cm³/mol. The minimum absolute atomic E-state index is 0.0156. The van der Waals surface area contributed by atoms with E-state index in [1.807, 2.05) is 48.7 Å². The van der Waals surface area contributed by atoms with Crippen LogP contribution in [0.15, 0.2) is 67.0 Å². The largest absolute Gasteiger partial charge is 0.497 e. The van der Waals surface area contributed by atoms with Gasteiger partial charge in [0.05, 0.1) is 25.5 Å². The lowest BCUT2D eigenvalue weighted by molar-refractivity contribution is -0.116. The first-order chi connectivity index (χ1) is 12.7. The van der Waals surface area contributed by atoms with Crippen molar-refractivity contribution in [2.75, 3.05) is 12.4 Å². The maximum Gasteiger partial charge on any atom is 0.224 e. The van der Waals surface area contributed by atoms with Crippen molar-refractivity contribution in [3.05, 3.63) is 78.1 Å². The molecule has 134 valence electrons. The monoisotopic (exact) mass is 349 g/mol. The number of nitrogens with zero attached hydrogens (tertiary/aromatic N) is 2. The van der Waals surface area contributed by atoms with E-state index in [-0.39, 0.29) is 5.91 Å². The van der Waals surface area contributed by atoms with Gasteiger partial charge in [0.15, 0.2) is 0 Å². The Morgan fingerprint density at radius 2 is 1.92 bits per heavy atom. The first-order valence-corrected chi connectivity index (χ1v) is 8.72. The quantitative estimate of drug-likeness (QED) is 0.671. The molecular weight excluding hydrogens is 326 g/mol. The van der Waals surface area contributed by atoms with Crippen LogP contribution in [-0.2, 0) is 17.8 Å². The van der Waals surface area contributed by atoms with Crippen molar-refractivity contribution in [1.29, 1.82) is 0 Å². The summed E-state index contributed by atoms with van der Waals surface area (Å²) in [6.07, 6.45) is 5.75. The Bertz CT molecular complexity index is 843. The van der Waals surface area contributed by atoms with Crippen molar-refractivity contribution in [2.45, 2.75) is 25.8 Å². The molecule has 3 aromatic rings. The lowest BCUT2D eigenvalue weighted by Gasteiger charge is -2.05. The molecule has 26 heavy (non-hydrogen) atoms. The van der Waals surface area contributed by atoms with E-state index >= 15 is 0 Å². The molecule has 0 aliphatic heterocycles. The summed E-state index contributed by atoms with van der Waals surface area (Å²) >= 11 is 0. The first-order valence-electron chi connectivity index (χ1n) is 8.72. The van der Waals surface area contributed by atoms with Crippen LogP contribution in [0.3, 0.4) is 0 Å². The van der Waals surface area contributed by atoms with Crippen LogP contribution in [0.1, 0.15) is 24.0 Å². The van der Waals surface area contributed by atoms with E-state index in [4.69, 9.17) is 4.74 Å². The van der Waals surface area contributed by atoms with E-state index in [0.29, 0.717) is 13.0 Å². The van der Waals surface area contributed by atoms with E-state index in [1.54, 1.807) is 18.0 Å². The van der Waals surface area contributed by atoms with Gasteiger partial charge in [0, 0.05) is 12.6 Å². The zero-order chi connectivity index (χ0) is 18.2. The van der Waals surface area contributed by atoms with Gasteiger partial charge in [0.2, 0.25) is 5.91 Å². The number of ether oxygens (including phenoxy) is 1. The third-order valence-electron chi connectivity index (χ3n) is 4.11. The molecule has 0 radical (unpaired) electrons. The highest BCUT2D eigenvalue weighted by Gasteiger charge is 2.06. The molecule has 0 fully saturated rings. The second-order valence-corrected chi connectivity index (χ2v) is 6.17. The van der Waals surface area contributed by atoms with E-state index in [1.165, 1.54) is 5.56 Å². The first kappa shape index (κ1) is 17.7. The summed E-state index contributed by atoms with van der Waals surface area (Å²) in [6, 6.07) is 18.1. The molecule has 5 nitrogen and oxygen atoms in total. The van der Waals surface area contributed by atoms with Crippen LogP contribution in [-0.4, -0.2) is 22.8 Å². The zero-order valence-corrected chi connectivity index (χ0v) is 14.9. The van der Waals surface area contributed by atoms with Crippen LogP contribution in [0.25, 0.3) is 0 Å². The fourth-order valence-corrected chi connectivity index (χ4v) is 2.79. The topological polar surface area (TPSA) is 56.1 Å². The van der Waals surface area contributed by atoms with Crippen molar-refractivity contribution in [3.8, 4) is 5.75 Å². The number of hydrogen-bond acceptors (Lipinski definition) is 3. The number of amides is 1. The number of rotatable bonds is 8. The molecule has 3 rings (SSSR count). The molecule has 5 heteroatoms. The zero-order valence-electron chi connectivity index (χ0n) is 14.9. The fourth-order valence-electron chi connectivity index (χ4n) is 2.79. The molecule has 0 aliphatic carbocycles. The van der Waals surface area contributed by atoms with Gasteiger partial charge in [0.25, 0.3) is 0 Å². The number of carbonyl (C=O) groups excluding carboxylic acids is 1. The Balaban J connectivity index is 1.47. The summed E-state index contributed by atoms with van der Waals surface area (Å²) in [5.74, 6) is 0.837. The summed E-state index contributed by atoms with van der Waals surface area (Å²) in [6.45, 7) is 0.626. The summed E-state index contributed by atoms with van der Waals surface area (Å²) in [7, 11) is 1.65. The average Bonchev–Trinajstić information content (AvgIpc) is 3.09. The highest BCUT2D eigenvalue weighted by molar-refractivity contribution is 5.90. The molecule has 2 aromatic carbocycles. The van der Waals surface area contributed by atoms with E-state index in [0.717, 1.165) is 29.8 Å². The Kier molecular flexibility index (Phi) is 6.04. The second-order valence-electron chi connectivity index (χ2n) is 6.17. The Labute approximate surface area is 153 Å². The van der Waals surface area contributed by atoms with E-state index in [9.17, 15) is 4.79 Å². The van der Waals surface area contributed by atoms with Gasteiger partial charge in [-0.05, 0) is 36.1 Å². The minimum atomic E-state index is 0.0156. The number of aromatic nitrogens is 2. The lowest BCUT2D eigenvalue weighted by atomic mass is 10.1. The highest BCUT2D eigenvalue weighted by Crippen LogP contribution is 2.15. The molecule has 0 bridgehead atoms. The van der Waals surface area contributed by atoms with Crippen LogP contribution >= 0.6 is 0 Å². The number of anilines is 1. The van der Waals surface area contributed by atoms with Crippen molar-refractivity contribution in [1.82, 2.24) is 9.78 Å².